The minimum atomic E-state index is -4.32. The maximum absolute atomic E-state index is 11.4. The van der Waals surface area contributed by atoms with E-state index < -0.39 is 30.8 Å². The maximum Gasteiger partial charge on any atom is 2.00 e. The van der Waals surface area contributed by atoms with Crippen LogP contribution in [0.2, 0.25) is 0 Å². The van der Waals surface area contributed by atoms with Crippen molar-refractivity contribution in [1.29, 1.82) is 0 Å². The molecule has 4 aromatic carbocycles. The third-order valence-corrected chi connectivity index (χ3v) is 15.2. The van der Waals surface area contributed by atoms with Crippen LogP contribution in [-0.2, 0) is 80.0 Å². The molecule has 0 saturated carbocycles. The number of fused-ring (bicyclic) bond motifs is 19. The Morgan fingerprint density at radius 3 is 1.38 bits per heavy atom. The second kappa shape index (κ2) is 31.1. The number of nitrogens with zero attached hydrogens (tertiary/aromatic N) is 8. The SMILES string of the molecule is C.C.C.C.CC.CS(=O)(=O)NCCNc1cc(NCc2ccccc2)cc(Nc2cccc(S(=O)(=O)O)c2)c1.O=S(=O)=O.[Cu+2].c1ccc2c(c1)-c1nc-2nc2[n-]c(nc3nc(nc4[n-]c(n1)c1c4CCCC1)C1=C3CCCC1)c1c2CCCC1. The van der Waals surface area contributed by atoms with E-state index in [4.69, 9.17) is 52.5 Å². The Morgan fingerprint density at radius 2 is 0.917 bits per heavy atom. The van der Waals surface area contributed by atoms with Crippen LogP contribution in [0.5, 0.6) is 0 Å². The summed E-state index contributed by atoms with van der Waals surface area (Å²) < 4.78 is 82.4. The van der Waals surface area contributed by atoms with Crippen molar-refractivity contribution in [3.63, 3.8) is 0 Å². The predicted octanol–water partition coefficient (Wildman–Crippen LogP) is 11.5. The molecule has 0 fully saturated rings. The number of aryl methyl sites for hydroxylation is 4. The molecular weight excluding hydrogens is 1180 g/mol. The van der Waals surface area contributed by atoms with Gasteiger partial charge in [-0.2, -0.15) is 8.42 Å². The molecule has 5 aliphatic rings. The first-order valence-corrected chi connectivity index (χ1v) is 30.7. The molecule has 84 heavy (non-hydrogen) atoms. The molecule has 5 N–H and O–H groups in total. The molecular formula is C60H76CuN12O8S3. The van der Waals surface area contributed by atoms with Crippen LogP contribution in [0.4, 0.5) is 22.7 Å². The van der Waals surface area contributed by atoms with Gasteiger partial charge in [0, 0.05) is 76.1 Å². The van der Waals surface area contributed by atoms with Crippen LogP contribution in [-0.4, -0.2) is 83.3 Å². The predicted molar refractivity (Wildman–Crippen MR) is 332 cm³/mol. The van der Waals surface area contributed by atoms with E-state index in [1.807, 2.05) is 74.5 Å². The summed E-state index contributed by atoms with van der Waals surface area (Å²) in [5.41, 5.74) is 16.1. The van der Waals surface area contributed by atoms with Crippen LogP contribution in [0.1, 0.15) is 134 Å². The summed E-state index contributed by atoms with van der Waals surface area (Å²) >= 11 is 0. The molecule has 0 unspecified atom stereocenters. The molecule has 0 amide bonds. The molecule has 8 bridgehead atoms. The average Bonchev–Trinajstić information content (AvgIpc) is 2.18. The second-order valence-corrected chi connectivity index (χ2v) is 22.7. The topological polar surface area (TPSA) is 293 Å². The van der Waals surface area contributed by atoms with Crippen molar-refractivity contribution in [3.8, 4) is 22.8 Å². The normalized spacial score (nSPS) is 13.4. The monoisotopic (exact) mass is 1250 g/mol. The van der Waals surface area contributed by atoms with Gasteiger partial charge in [-0.25, -0.2) is 23.1 Å². The number of sulfonamides is 1. The van der Waals surface area contributed by atoms with E-state index in [1.54, 1.807) is 6.07 Å². The maximum atomic E-state index is 11.4. The van der Waals surface area contributed by atoms with Crippen LogP contribution in [0.15, 0.2) is 102 Å². The van der Waals surface area contributed by atoms with Crippen molar-refractivity contribution in [2.45, 2.75) is 132 Å². The van der Waals surface area contributed by atoms with E-state index >= 15 is 0 Å². The first kappa shape index (κ1) is 69.3. The minimum absolute atomic E-state index is 0. The Bertz CT molecular complexity index is 3830. The summed E-state index contributed by atoms with van der Waals surface area (Å²) in [7, 11) is -10.7. The van der Waals surface area contributed by atoms with Crippen molar-refractivity contribution in [2.75, 3.05) is 35.3 Å². The first-order chi connectivity index (χ1) is 38.1. The number of allylic oxidation sites excluding steroid dienone is 2. The van der Waals surface area contributed by atoms with Gasteiger partial charge in [0.2, 0.25) is 10.0 Å². The van der Waals surface area contributed by atoms with Gasteiger partial charge < -0.3 is 45.9 Å². The van der Waals surface area contributed by atoms with E-state index in [0.717, 1.165) is 146 Å². The number of benzene rings is 4. The van der Waals surface area contributed by atoms with Gasteiger partial charge in [0.25, 0.3) is 10.1 Å². The van der Waals surface area contributed by atoms with Gasteiger partial charge in [-0.1, -0.05) is 104 Å². The summed E-state index contributed by atoms with van der Waals surface area (Å²) in [4.78, 5) is 40.3. The summed E-state index contributed by atoms with van der Waals surface area (Å²) in [5.74, 6) is 2.88. The molecule has 453 valence electrons. The Hall–Kier alpha value is -7.18. The number of aromatic nitrogens is 8. The third kappa shape index (κ3) is 17.2. The summed E-state index contributed by atoms with van der Waals surface area (Å²) in [6, 6.07) is 29.5. The third-order valence-electron chi connectivity index (χ3n) is 13.6. The van der Waals surface area contributed by atoms with Crippen LogP contribution < -0.4 is 30.6 Å². The van der Waals surface area contributed by atoms with Gasteiger partial charge in [-0.3, -0.25) is 4.55 Å². The summed E-state index contributed by atoms with van der Waals surface area (Å²) in [5, 5.41) is 9.67. The molecule has 0 atom stereocenters. The molecule has 12 rings (SSSR count). The van der Waals surface area contributed by atoms with Crippen LogP contribution >= 0.6 is 0 Å². The van der Waals surface area contributed by atoms with Crippen molar-refractivity contribution < 1.29 is 51.1 Å². The number of anilines is 4. The summed E-state index contributed by atoms with van der Waals surface area (Å²) in [6.07, 6.45) is 13.8. The molecule has 24 heteroatoms. The van der Waals surface area contributed by atoms with Gasteiger partial charge in [-0.05, 0) is 152 Å². The van der Waals surface area contributed by atoms with Crippen molar-refractivity contribution >= 4 is 87.2 Å². The zero-order valence-corrected chi connectivity index (χ0v) is 47.6. The fourth-order valence-electron chi connectivity index (χ4n) is 10.2. The largest absolute Gasteiger partial charge is 2.00 e. The van der Waals surface area contributed by atoms with Crippen LogP contribution in [0.25, 0.3) is 56.5 Å². The zero-order valence-electron chi connectivity index (χ0n) is 44.3. The molecule has 0 spiro atoms. The van der Waals surface area contributed by atoms with Gasteiger partial charge >= 0.3 is 27.7 Å². The molecule has 3 aromatic heterocycles. The fourth-order valence-corrected chi connectivity index (χ4v) is 11.2. The average molecular weight is 1250 g/mol. The van der Waals surface area contributed by atoms with Crippen molar-refractivity contribution in [1.82, 2.24) is 44.6 Å². The summed E-state index contributed by atoms with van der Waals surface area (Å²) in [6.45, 7) is 5.18. The number of rotatable bonds is 11. The Morgan fingerprint density at radius 1 is 0.500 bits per heavy atom. The standard InChI is InChI=1S/C32H28N8.C22H26N4O5S2.C2H6.4CH4.Cu.O3S/c1-2-10-18-17(9-1)25-33-26(18)38-28-21-13-5-6-14-22(21)30(35-28)40-32-24-16-8-7-15-23(24)31(36-32)39-29-20-12-4-3-11-19(20)27(34-29)37-25;1-32(27,28)25-11-10-23-19-12-20(24-16-17-6-3-2-4-7-17)14-21(13-19)26-18-8-5-9-22(15-18)33(29,30)31;1-2;;;;;;1-4(2)3/h1-2,9-10H,3-8,11-16H2;2-9,12-15,23-26H,10-11,16H2,1H3,(H,29,30,31);1-2H3;4*1H4;;/q-2;;;;;;;+2;. The van der Waals surface area contributed by atoms with E-state index in [2.05, 4.69) is 32.8 Å². The Balaban J connectivity index is 0.000000318. The molecule has 2 aliphatic heterocycles. The van der Waals surface area contributed by atoms with E-state index in [-0.39, 0.29) is 58.2 Å². The minimum Gasteiger partial charge on any atom is -0.384 e. The molecule has 7 aromatic rings. The van der Waals surface area contributed by atoms with E-state index in [1.165, 1.54) is 51.6 Å². The molecule has 1 radical (unpaired) electrons. The smallest absolute Gasteiger partial charge is 0.384 e. The van der Waals surface area contributed by atoms with Gasteiger partial charge in [0.05, 0.1) is 34.4 Å². The van der Waals surface area contributed by atoms with Gasteiger partial charge in [0.1, 0.15) is 0 Å². The van der Waals surface area contributed by atoms with Crippen LogP contribution in [0, 0.1) is 0 Å². The van der Waals surface area contributed by atoms with E-state index in [9.17, 15) is 21.4 Å². The molecule has 3 aliphatic carbocycles. The molecule has 20 nitrogen and oxygen atoms in total. The fraction of sp³-hybridized carbons (Fsp3) is 0.367. The molecule has 0 saturated heterocycles. The van der Waals surface area contributed by atoms with Gasteiger partial charge in [0.15, 0.2) is 0 Å². The zero-order chi connectivity index (χ0) is 55.7. The van der Waals surface area contributed by atoms with E-state index in [0.29, 0.717) is 36.1 Å². The Labute approximate surface area is 506 Å². The van der Waals surface area contributed by atoms with Crippen molar-refractivity contribution in [3.05, 3.63) is 137 Å². The first-order valence-electron chi connectivity index (χ1n) is 26.3. The molecule has 5 heterocycles. The number of hydrogen-bond donors (Lipinski definition) is 5. The van der Waals surface area contributed by atoms with Crippen molar-refractivity contribution in [2.24, 2.45) is 0 Å². The second-order valence-electron chi connectivity index (χ2n) is 19.1. The quantitative estimate of drug-likeness (QED) is 0.0457. The van der Waals surface area contributed by atoms with Gasteiger partial charge in [-0.15, -0.1) is 12.6 Å². The van der Waals surface area contributed by atoms with Crippen LogP contribution in [0.3, 0.4) is 0 Å². The number of nitrogens with one attached hydrogen (secondary N) is 4. The number of hydrogen-bond acceptors (Lipinski definition) is 16. The Kier molecular flexibility index (Phi) is 25.7.